The Morgan fingerprint density at radius 2 is 1.83 bits per heavy atom. The molecule has 0 aromatic heterocycles. The molecule has 7 heteroatoms. The maximum absolute atomic E-state index is 11.8. The lowest BCUT2D eigenvalue weighted by Crippen LogP contribution is -2.17. The summed E-state index contributed by atoms with van der Waals surface area (Å²) in [7, 11) is 0. The highest BCUT2D eigenvalue weighted by atomic mass is 35.5. The van der Waals surface area contributed by atoms with Crippen molar-refractivity contribution in [3.05, 3.63) is 33.8 Å². The zero-order valence-corrected chi connectivity index (χ0v) is 11.4. The first kappa shape index (κ1) is 15.9. The normalized spacial score (nSPS) is 13.7. The quantitative estimate of drug-likeness (QED) is 0.532. The molecule has 1 aromatic rings. The highest BCUT2D eigenvalue weighted by Gasteiger charge is 2.27. The van der Waals surface area contributed by atoms with Gasteiger partial charge in [-0.15, -0.1) is 11.6 Å². The molecule has 1 rings (SSSR count). The van der Waals surface area contributed by atoms with Crippen molar-refractivity contribution in [1.82, 2.24) is 0 Å². The maximum Gasteiger partial charge on any atom is 0.411 e. The van der Waals surface area contributed by atoms with Crippen LogP contribution in [0.25, 0.3) is 0 Å². The van der Waals surface area contributed by atoms with Crippen molar-refractivity contribution in [2.75, 3.05) is 13.2 Å². The number of alkyl halides is 4. The van der Waals surface area contributed by atoms with E-state index in [9.17, 15) is 13.2 Å². The van der Waals surface area contributed by atoms with Crippen molar-refractivity contribution in [2.45, 2.75) is 18.0 Å². The summed E-state index contributed by atoms with van der Waals surface area (Å²) < 4.78 is 39.9. The number of rotatable bonds is 5. The Hall–Kier alpha value is -0.160. The van der Waals surface area contributed by atoms with Crippen molar-refractivity contribution in [3.63, 3.8) is 0 Å². The number of hydrogen-bond donors (Lipinski definition) is 0. The van der Waals surface area contributed by atoms with E-state index in [2.05, 4.69) is 4.74 Å². The number of hydrogen-bond acceptors (Lipinski definition) is 1. The minimum absolute atomic E-state index is 0.0755. The van der Waals surface area contributed by atoms with Crippen LogP contribution in [-0.4, -0.2) is 19.4 Å². The summed E-state index contributed by atoms with van der Waals surface area (Å²) >= 11 is 17.6. The summed E-state index contributed by atoms with van der Waals surface area (Å²) in [6, 6.07) is 4.85. The van der Waals surface area contributed by atoms with Crippen LogP contribution >= 0.6 is 34.8 Å². The predicted molar refractivity (Wildman–Crippen MR) is 66.5 cm³/mol. The Kier molecular flexibility index (Phi) is 6.05. The van der Waals surface area contributed by atoms with Gasteiger partial charge < -0.3 is 4.74 Å². The molecule has 0 radical (unpaired) electrons. The lowest BCUT2D eigenvalue weighted by Gasteiger charge is -2.12. The second kappa shape index (κ2) is 6.85. The molecule has 0 heterocycles. The zero-order chi connectivity index (χ0) is 13.8. The molecule has 0 aliphatic heterocycles. The molecule has 0 aliphatic rings. The number of ether oxygens (including phenoxy) is 1. The molecule has 0 saturated heterocycles. The highest BCUT2D eigenvalue weighted by molar-refractivity contribution is 6.42. The average Bonchev–Trinajstić information content (AvgIpc) is 2.26. The van der Waals surface area contributed by atoms with Crippen LogP contribution in [0.3, 0.4) is 0 Å². The SMILES string of the molecule is FC(F)(F)COCCC(Cl)c1ccc(Cl)c(Cl)c1. The van der Waals surface area contributed by atoms with Gasteiger partial charge in [-0.05, 0) is 24.1 Å². The largest absolute Gasteiger partial charge is 0.411 e. The molecule has 0 aliphatic carbocycles. The molecule has 1 atom stereocenters. The topological polar surface area (TPSA) is 9.23 Å². The average molecular weight is 322 g/mol. The number of benzene rings is 1. The molecule has 0 amide bonds. The van der Waals surface area contributed by atoms with E-state index < -0.39 is 18.2 Å². The van der Waals surface area contributed by atoms with Crippen LogP contribution in [0.2, 0.25) is 10.0 Å². The van der Waals surface area contributed by atoms with Gasteiger partial charge in [-0.2, -0.15) is 13.2 Å². The Bertz CT molecular complexity index is 396. The van der Waals surface area contributed by atoms with Gasteiger partial charge in [0.15, 0.2) is 0 Å². The summed E-state index contributed by atoms with van der Waals surface area (Å²) in [4.78, 5) is 0. The van der Waals surface area contributed by atoms with Crippen LogP contribution in [0.4, 0.5) is 13.2 Å². The summed E-state index contributed by atoms with van der Waals surface area (Å²) in [5, 5.41) is 0.293. The Balaban J connectivity index is 2.41. The summed E-state index contributed by atoms with van der Waals surface area (Å²) in [5.74, 6) is 0. The summed E-state index contributed by atoms with van der Waals surface area (Å²) in [5.41, 5.74) is 0.696. The van der Waals surface area contributed by atoms with Gasteiger partial charge >= 0.3 is 6.18 Å². The molecule has 0 saturated carbocycles. The van der Waals surface area contributed by atoms with Crippen LogP contribution in [0.1, 0.15) is 17.4 Å². The van der Waals surface area contributed by atoms with E-state index in [1.165, 1.54) is 0 Å². The van der Waals surface area contributed by atoms with E-state index in [4.69, 9.17) is 34.8 Å². The lowest BCUT2D eigenvalue weighted by atomic mass is 10.1. The second-order valence-corrected chi connectivity index (χ2v) is 4.94. The molecule has 102 valence electrons. The van der Waals surface area contributed by atoms with Crippen LogP contribution in [0.15, 0.2) is 18.2 Å². The Morgan fingerprint density at radius 1 is 1.17 bits per heavy atom. The van der Waals surface area contributed by atoms with Gasteiger partial charge in [0, 0.05) is 6.61 Å². The molecule has 1 aromatic carbocycles. The van der Waals surface area contributed by atoms with Gasteiger partial charge in [0.1, 0.15) is 6.61 Å². The monoisotopic (exact) mass is 320 g/mol. The summed E-state index contributed by atoms with van der Waals surface area (Å²) in [6.45, 7) is -1.34. The van der Waals surface area contributed by atoms with E-state index >= 15 is 0 Å². The first-order valence-corrected chi connectivity index (χ1v) is 6.22. The molecular formula is C11H10Cl3F3O. The third-order valence-corrected chi connectivity index (χ3v) is 3.30. The molecule has 1 unspecified atom stereocenters. The molecule has 18 heavy (non-hydrogen) atoms. The first-order valence-electron chi connectivity index (χ1n) is 5.03. The van der Waals surface area contributed by atoms with Crippen LogP contribution in [0, 0.1) is 0 Å². The minimum Gasteiger partial charge on any atom is -0.372 e. The fourth-order valence-electron chi connectivity index (χ4n) is 1.25. The second-order valence-electron chi connectivity index (χ2n) is 3.60. The van der Waals surface area contributed by atoms with E-state index in [1.807, 2.05) is 0 Å². The van der Waals surface area contributed by atoms with Crippen molar-refractivity contribution in [3.8, 4) is 0 Å². The highest BCUT2D eigenvalue weighted by Crippen LogP contribution is 2.30. The van der Waals surface area contributed by atoms with Crippen molar-refractivity contribution in [1.29, 1.82) is 0 Å². The Morgan fingerprint density at radius 3 is 2.39 bits per heavy atom. The molecule has 0 bridgehead atoms. The standard InChI is InChI=1S/C11H10Cl3F3O/c12-8(3-4-18-6-11(15,16)17)7-1-2-9(13)10(14)5-7/h1-2,5,8H,3-4,6H2. The van der Waals surface area contributed by atoms with Crippen LogP contribution < -0.4 is 0 Å². The fraction of sp³-hybridized carbons (Fsp3) is 0.455. The molecular weight excluding hydrogens is 311 g/mol. The predicted octanol–water partition coefficient (Wildman–Crippen LogP) is 5.24. The molecule has 0 N–H and O–H groups in total. The lowest BCUT2D eigenvalue weighted by molar-refractivity contribution is -0.174. The van der Waals surface area contributed by atoms with Crippen LogP contribution in [0.5, 0.6) is 0 Å². The van der Waals surface area contributed by atoms with E-state index in [1.54, 1.807) is 18.2 Å². The van der Waals surface area contributed by atoms with Gasteiger partial charge in [-0.25, -0.2) is 0 Å². The van der Waals surface area contributed by atoms with Crippen molar-refractivity contribution >= 4 is 34.8 Å². The third kappa shape index (κ3) is 5.65. The first-order chi connectivity index (χ1) is 8.29. The minimum atomic E-state index is -4.31. The van der Waals surface area contributed by atoms with E-state index in [-0.39, 0.29) is 13.0 Å². The molecule has 0 spiro atoms. The Labute approximate surface area is 118 Å². The van der Waals surface area contributed by atoms with E-state index in [0.717, 1.165) is 0 Å². The van der Waals surface area contributed by atoms with Crippen molar-refractivity contribution in [2.24, 2.45) is 0 Å². The van der Waals surface area contributed by atoms with Gasteiger partial charge in [-0.1, -0.05) is 29.3 Å². The smallest absolute Gasteiger partial charge is 0.372 e. The third-order valence-electron chi connectivity index (χ3n) is 2.09. The molecule has 1 nitrogen and oxygen atoms in total. The van der Waals surface area contributed by atoms with Gasteiger partial charge in [0.05, 0.1) is 15.4 Å². The van der Waals surface area contributed by atoms with Gasteiger partial charge in [-0.3, -0.25) is 0 Å². The number of halogens is 6. The van der Waals surface area contributed by atoms with Crippen molar-refractivity contribution < 1.29 is 17.9 Å². The van der Waals surface area contributed by atoms with Gasteiger partial charge in [0.2, 0.25) is 0 Å². The fourth-order valence-corrected chi connectivity index (χ4v) is 1.78. The molecule has 0 fully saturated rings. The van der Waals surface area contributed by atoms with E-state index in [0.29, 0.717) is 15.6 Å². The maximum atomic E-state index is 11.8. The van der Waals surface area contributed by atoms with Crippen LogP contribution in [-0.2, 0) is 4.74 Å². The van der Waals surface area contributed by atoms with Gasteiger partial charge in [0.25, 0.3) is 0 Å². The summed E-state index contributed by atoms with van der Waals surface area (Å²) in [6.07, 6.45) is -4.05. The zero-order valence-electron chi connectivity index (χ0n) is 9.11.